The number of primary amides is 1. The van der Waals surface area contributed by atoms with E-state index >= 15 is 0 Å². The van der Waals surface area contributed by atoms with Gasteiger partial charge in [-0.1, -0.05) is 12.8 Å². The Labute approximate surface area is 114 Å². The van der Waals surface area contributed by atoms with Gasteiger partial charge in [0.2, 0.25) is 5.91 Å². The van der Waals surface area contributed by atoms with Crippen LogP contribution in [0.4, 0.5) is 0 Å². The number of aryl methyl sites for hydroxylation is 1. The minimum absolute atomic E-state index is 0.000173. The van der Waals surface area contributed by atoms with Gasteiger partial charge in [-0.05, 0) is 38.3 Å². The summed E-state index contributed by atoms with van der Waals surface area (Å²) in [6.07, 6.45) is 7.93. The predicted molar refractivity (Wildman–Crippen MR) is 74.6 cm³/mol. The number of furan rings is 1. The summed E-state index contributed by atoms with van der Waals surface area (Å²) in [7, 11) is 0. The van der Waals surface area contributed by atoms with Gasteiger partial charge in [0.25, 0.3) is 0 Å². The molecular weight excluding hydrogens is 240 g/mol. The molecule has 1 aliphatic rings. The van der Waals surface area contributed by atoms with E-state index in [1.54, 1.807) is 6.26 Å². The maximum atomic E-state index is 11.5. The number of carbonyl (C=O) groups is 1. The summed E-state index contributed by atoms with van der Waals surface area (Å²) >= 11 is 0. The first-order valence-corrected chi connectivity index (χ1v) is 7.24. The van der Waals surface area contributed by atoms with Crippen LogP contribution in [0.3, 0.4) is 0 Å². The van der Waals surface area contributed by atoms with Gasteiger partial charge in [-0.2, -0.15) is 0 Å². The molecule has 0 spiro atoms. The molecule has 4 nitrogen and oxygen atoms in total. The number of amides is 1. The monoisotopic (exact) mass is 264 g/mol. The van der Waals surface area contributed by atoms with Crippen molar-refractivity contribution in [2.75, 3.05) is 0 Å². The van der Waals surface area contributed by atoms with E-state index < -0.39 is 0 Å². The van der Waals surface area contributed by atoms with Crippen molar-refractivity contribution < 1.29 is 9.21 Å². The number of hydrogen-bond acceptors (Lipinski definition) is 3. The quantitative estimate of drug-likeness (QED) is 0.828. The van der Waals surface area contributed by atoms with Crippen molar-refractivity contribution in [1.82, 2.24) is 5.32 Å². The van der Waals surface area contributed by atoms with Crippen molar-refractivity contribution >= 4 is 5.91 Å². The Balaban J connectivity index is 1.79. The largest absolute Gasteiger partial charge is 0.469 e. The SMILES string of the molecule is C[C@H](CCc1ccco1)N[C@@H]1CCCC[C@@H]1C(N)=O. The van der Waals surface area contributed by atoms with Crippen molar-refractivity contribution in [2.24, 2.45) is 11.7 Å². The predicted octanol–water partition coefficient (Wildman–Crippen LogP) is 2.23. The average Bonchev–Trinajstić information content (AvgIpc) is 2.90. The normalized spacial score (nSPS) is 25.1. The van der Waals surface area contributed by atoms with E-state index in [-0.39, 0.29) is 17.9 Å². The standard InChI is InChI=1S/C15H24N2O2/c1-11(8-9-12-5-4-10-19-12)17-14-7-3-2-6-13(14)15(16)18/h4-5,10-11,13-14,17H,2-3,6-9H2,1H3,(H2,16,18)/t11-,13+,14-/m1/s1. The van der Waals surface area contributed by atoms with Crippen molar-refractivity contribution in [3.63, 3.8) is 0 Å². The van der Waals surface area contributed by atoms with Gasteiger partial charge in [-0.25, -0.2) is 0 Å². The Morgan fingerprint density at radius 1 is 1.53 bits per heavy atom. The summed E-state index contributed by atoms with van der Waals surface area (Å²) in [5, 5.41) is 3.57. The van der Waals surface area contributed by atoms with Crippen LogP contribution < -0.4 is 11.1 Å². The van der Waals surface area contributed by atoms with Gasteiger partial charge in [-0.15, -0.1) is 0 Å². The van der Waals surface area contributed by atoms with Crippen LogP contribution in [0.5, 0.6) is 0 Å². The summed E-state index contributed by atoms with van der Waals surface area (Å²) in [6.45, 7) is 2.16. The van der Waals surface area contributed by atoms with Crippen LogP contribution in [0.15, 0.2) is 22.8 Å². The molecule has 1 heterocycles. The molecule has 0 bridgehead atoms. The lowest BCUT2D eigenvalue weighted by atomic mass is 9.83. The molecule has 19 heavy (non-hydrogen) atoms. The van der Waals surface area contributed by atoms with Crippen molar-refractivity contribution in [3.05, 3.63) is 24.2 Å². The Morgan fingerprint density at radius 3 is 3.00 bits per heavy atom. The molecule has 0 unspecified atom stereocenters. The maximum Gasteiger partial charge on any atom is 0.222 e. The summed E-state index contributed by atoms with van der Waals surface area (Å²) in [6, 6.07) is 4.53. The molecule has 0 radical (unpaired) electrons. The number of rotatable bonds is 6. The van der Waals surface area contributed by atoms with Crippen molar-refractivity contribution in [1.29, 1.82) is 0 Å². The highest BCUT2D eigenvalue weighted by atomic mass is 16.3. The Morgan fingerprint density at radius 2 is 2.32 bits per heavy atom. The summed E-state index contributed by atoms with van der Waals surface area (Å²) in [4.78, 5) is 11.5. The Hall–Kier alpha value is -1.29. The average molecular weight is 264 g/mol. The number of hydrogen-bond donors (Lipinski definition) is 2. The Bertz CT molecular complexity index is 389. The highest BCUT2D eigenvalue weighted by Crippen LogP contribution is 2.24. The first-order chi connectivity index (χ1) is 9.16. The van der Waals surface area contributed by atoms with Crippen LogP contribution in [-0.2, 0) is 11.2 Å². The molecule has 4 heteroatoms. The van der Waals surface area contributed by atoms with Crippen LogP contribution in [0.2, 0.25) is 0 Å². The van der Waals surface area contributed by atoms with Gasteiger partial charge in [0.15, 0.2) is 0 Å². The minimum Gasteiger partial charge on any atom is -0.469 e. The fraction of sp³-hybridized carbons (Fsp3) is 0.667. The molecule has 1 saturated carbocycles. The number of nitrogens with one attached hydrogen (secondary N) is 1. The van der Waals surface area contributed by atoms with E-state index in [9.17, 15) is 4.79 Å². The van der Waals surface area contributed by atoms with E-state index in [1.165, 1.54) is 6.42 Å². The van der Waals surface area contributed by atoms with E-state index in [0.29, 0.717) is 6.04 Å². The lowest BCUT2D eigenvalue weighted by Gasteiger charge is -2.32. The van der Waals surface area contributed by atoms with Gasteiger partial charge in [0, 0.05) is 18.5 Å². The Kier molecular flexibility index (Phi) is 5.02. The first-order valence-electron chi connectivity index (χ1n) is 7.24. The third-order valence-corrected chi connectivity index (χ3v) is 4.03. The second-order valence-electron chi connectivity index (χ2n) is 5.59. The molecule has 1 amide bonds. The first kappa shape index (κ1) is 14.1. The molecule has 0 aromatic carbocycles. The molecule has 3 atom stereocenters. The second kappa shape index (κ2) is 6.75. The molecule has 1 aromatic rings. The van der Waals surface area contributed by atoms with Gasteiger partial charge in [0.05, 0.1) is 12.2 Å². The highest BCUT2D eigenvalue weighted by Gasteiger charge is 2.29. The van der Waals surface area contributed by atoms with E-state index in [1.807, 2.05) is 12.1 Å². The summed E-state index contributed by atoms with van der Waals surface area (Å²) in [5.41, 5.74) is 5.49. The van der Waals surface area contributed by atoms with E-state index in [0.717, 1.165) is 37.9 Å². The molecular formula is C15H24N2O2. The molecule has 0 aliphatic heterocycles. The number of nitrogens with two attached hydrogens (primary N) is 1. The van der Waals surface area contributed by atoms with Crippen LogP contribution >= 0.6 is 0 Å². The second-order valence-corrected chi connectivity index (χ2v) is 5.59. The zero-order chi connectivity index (χ0) is 13.7. The minimum atomic E-state index is -0.157. The van der Waals surface area contributed by atoms with Crippen molar-refractivity contribution in [3.8, 4) is 0 Å². The summed E-state index contributed by atoms with van der Waals surface area (Å²) in [5.74, 6) is 0.860. The van der Waals surface area contributed by atoms with Gasteiger partial charge in [0.1, 0.15) is 5.76 Å². The molecule has 2 rings (SSSR count). The zero-order valence-corrected chi connectivity index (χ0v) is 11.6. The van der Waals surface area contributed by atoms with Gasteiger partial charge < -0.3 is 15.5 Å². The number of carbonyl (C=O) groups excluding carboxylic acids is 1. The fourth-order valence-electron chi connectivity index (χ4n) is 2.93. The zero-order valence-electron chi connectivity index (χ0n) is 11.6. The van der Waals surface area contributed by atoms with Crippen LogP contribution in [-0.4, -0.2) is 18.0 Å². The van der Waals surface area contributed by atoms with E-state index in [4.69, 9.17) is 10.2 Å². The maximum absolute atomic E-state index is 11.5. The molecule has 3 N–H and O–H groups in total. The topological polar surface area (TPSA) is 68.3 Å². The lowest BCUT2D eigenvalue weighted by molar-refractivity contribution is -0.123. The molecule has 0 saturated heterocycles. The van der Waals surface area contributed by atoms with Crippen molar-refractivity contribution in [2.45, 2.75) is 57.5 Å². The third kappa shape index (κ3) is 4.10. The van der Waals surface area contributed by atoms with E-state index in [2.05, 4.69) is 12.2 Å². The van der Waals surface area contributed by atoms with Crippen LogP contribution in [0, 0.1) is 5.92 Å². The fourth-order valence-corrected chi connectivity index (χ4v) is 2.93. The molecule has 1 aliphatic carbocycles. The van der Waals surface area contributed by atoms with Gasteiger partial charge >= 0.3 is 0 Å². The van der Waals surface area contributed by atoms with Gasteiger partial charge in [-0.3, -0.25) is 4.79 Å². The molecule has 1 aromatic heterocycles. The summed E-state index contributed by atoms with van der Waals surface area (Å²) < 4.78 is 5.33. The molecule has 106 valence electrons. The highest BCUT2D eigenvalue weighted by molar-refractivity contribution is 5.77. The lowest BCUT2D eigenvalue weighted by Crippen LogP contribution is -2.47. The smallest absolute Gasteiger partial charge is 0.222 e. The molecule has 1 fully saturated rings. The third-order valence-electron chi connectivity index (χ3n) is 4.03. The van der Waals surface area contributed by atoms with Crippen LogP contribution in [0.25, 0.3) is 0 Å². The van der Waals surface area contributed by atoms with Crippen LogP contribution in [0.1, 0.15) is 44.8 Å².